The van der Waals surface area contributed by atoms with Gasteiger partial charge in [-0.25, -0.2) is 40.7 Å². The first-order valence-electron chi connectivity index (χ1n) is 15.8. The molecule has 0 radical (unpaired) electrons. The Labute approximate surface area is 289 Å². The van der Waals surface area contributed by atoms with Crippen LogP contribution in [0.25, 0.3) is 11.1 Å². The summed E-state index contributed by atoms with van der Waals surface area (Å²) in [7, 11) is 0. The van der Waals surface area contributed by atoms with Crippen molar-refractivity contribution in [3.8, 4) is 11.1 Å². The monoisotopic (exact) mass is 742 g/mol. The number of benzene rings is 2. The number of ether oxygens (including phenoxy) is 1. The molecule has 1 aliphatic carbocycles. The molecule has 3 heterocycles. The van der Waals surface area contributed by atoms with E-state index in [0.717, 1.165) is 24.3 Å². The van der Waals surface area contributed by atoms with E-state index in [2.05, 4.69) is 25.7 Å². The minimum Gasteiger partial charge on any atom is -0.379 e. The van der Waals surface area contributed by atoms with Crippen molar-refractivity contribution in [2.24, 2.45) is 10.8 Å². The number of anilines is 1. The molecule has 10 nitrogen and oxygen atoms in total. The largest absolute Gasteiger partial charge is 0.379 e. The number of halogens is 9. The fourth-order valence-electron chi connectivity index (χ4n) is 6.41. The molecule has 4 N–H and O–H groups in total. The maximum atomic E-state index is 15.1. The van der Waals surface area contributed by atoms with E-state index in [9.17, 15) is 40.3 Å². The van der Waals surface area contributed by atoms with Crippen molar-refractivity contribution in [1.82, 2.24) is 15.3 Å². The second-order valence-electron chi connectivity index (χ2n) is 12.5. The number of hydrogen-bond acceptors (Lipinski definition) is 7. The predicted molar refractivity (Wildman–Crippen MR) is 163 cm³/mol. The van der Waals surface area contributed by atoms with Crippen LogP contribution in [0.15, 0.2) is 59.0 Å². The Morgan fingerprint density at radius 1 is 1.02 bits per heavy atom. The number of allylic oxidation sites excluding steroid dienone is 1. The molecule has 2 unspecified atom stereocenters. The first kappa shape index (κ1) is 36.7. The van der Waals surface area contributed by atoms with Crippen LogP contribution < -0.4 is 16.4 Å². The van der Waals surface area contributed by atoms with Gasteiger partial charge in [-0.3, -0.25) is 9.59 Å². The lowest BCUT2D eigenvalue weighted by Gasteiger charge is -2.28. The average molecular weight is 743 g/mol. The highest BCUT2D eigenvalue weighted by Gasteiger charge is 2.64. The lowest BCUT2D eigenvalue weighted by Crippen LogP contribution is -2.42. The van der Waals surface area contributed by atoms with Crippen LogP contribution >= 0.6 is 0 Å². The Morgan fingerprint density at radius 2 is 1.73 bits per heavy atom. The molecule has 0 spiro atoms. The molecule has 6 rings (SSSR count). The van der Waals surface area contributed by atoms with Crippen molar-refractivity contribution in [2.75, 3.05) is 25.1 Å². The lowest BCUT2D eigenvalue weighted by molar-refractivity contribution is -0.549. The van der Waals surface area contributed by atoms with Crippen LogP contribution in [0.2, 0.25) is 0 Å². The van der Waals surface area contributed by atoms with E-state index >= 15 is 8.78 Å². The van der Waals surface area contributed by atoms with Crippen molar-refractivity contribution in [3.63, 3.8) is 0 Å². The lowest BCUT2D eigenvalue weighted by atomic mass is 9.86. The van der Waals surface area contributed by atoms with Gasteiger partial charge in [-0.2, -0.15) is 8.78 Å². The van der Waals surface area contributed by atoms with Gasteiger partial charge in [0.1, 0.15) is 23.0 Å². The van der Waals surface area contributed by atoms with Crippen molar-refractivity contribution in [1.29, 1.82) is 0 Å². The van der Waals surface area contributed by atoms with E-state index in [4.69, 9.17) is 10.5 Å². The van der Waals surface area contributed by atoms with Crippen LogP contribution in [0.4, 0.5) is 45.5 Å². The fourth-order valence-corrected chi connectivity index (χ4v) is 6.41. The van der Waals surface area contributed by atoms with E-state index in [1.165, 1.54) is 12.3 Å². The normalized spacial score (nSPS) is 21.2. The van der Waals surface area contributed by atoms with Gasteiger partial charge < -0.3 is 21.1 Å². The quantitative estimate of drug-likeness (QED) is 0.171. The number of azo groups is 2. The topological polar surface area (TPSA) is 135 Å². The molecule has 1 fully saturated rings. The van der Waals surface area contributed by atoms with Crippen LogP contribution in [0.5, 0.6) is 0 Å². The summed E-state index contributed by atoms with van der Waals surface area (Å²) in [5.41, 5.74) is 1.71. The number of nitrogens with two attached hydrogens (primary N) is 1. The van der Waals surface area contributed by atoms with E-state index in [0.29, 0.717) is 19.1 Å². The highest BCUT2D eigenvalue weighted by Crippen LogP contribution is 2.51. The third-order valence-electron chi connectivity index (χ3n) is 8.75. The summed E-state index contributed by atoms with van der Waals surface area (Å²) < 4.78 is 136. The number of nitrogens with one attached hydrogen (secondary N) is 2. The molecule has 2 amide bonds. The zero-order valence-corrected chi connectivity index (χ0v) is 26.8. The van der Waals surface area contributed by atoms with Crippen LogP contribution in [-0.4, -0.2) is 76.6 Å². The number of amides is 2. The van der Waals surface area contributed by atoms with E-state index in [1.807, 2.05) is 0 Å². The Hall–Kier alpha value is -5.07. The number of alkyl halides is 6. The van der Waals surface area contributed by atoms with E-state index in [-0.39, 0.29) is 45.7 Å². The average Bonchev–Trinajstić information content (AvgIpc) is 3.72. The van der Waals surface area contributed by atoms with Gasteiger partial charge in [-0.15, -0.1) is 0 Å². The van der Waals surface area contributed by atoms with E-state index in [1.54, 1.807) is 0 Å². The van der Waals surface area contributed by atoms with Crippen LogP contribution in [0, 0.1) is 17.5 Å². The maximum Gasteiger partial charge on any atom is 0.332 e. The van der Waals surface area contributed by atoms with Gasteiger partial charge in [0.25, 0.3) is 36.4 Å². The summed E-state index contributed by atoms with van der Waals surface area (Å²) in [5.74, 6) is -13.4. The summed E-state index contributed by atoms with van der Waals surface area (Å²) >= 11 is 0. The summed E-state index contributed by atoms with van der Waals surface area (Å²) in [6.45, 7) is -0.534. The van der Waals surface area contributed by atoms with Gasteiger partial charge in [-0.05, 0) is 53.3 Å². The fraction of sp³-hybridized carbons (Fsp3) is 0.394. The summed E-state index contributed by atoms with van der Waals surface area (Å²) in [6, 6.07) is 1.35. The molecule has 52 heavy (non-hydrogen) atoms. The van der Waals surface area contributed by atoms with Crippen molar-refractivity contribution in [3.05, 3.63) is 88.1 Å². The molecule has 1 saturated heterocycles. The molecule has 0 saturated carbocycles. The molecule has 1 aromatic heterocycles. The molecule has 2 aromatic carbocycles. The Balaban J connectivity index is 1.43. The maximum absolute atomic E-state index is 15.1. The van der Waals surface area contributed by atoms with Gasteiger partial charge >= 0.3 is 5.92 Å². The highest BCUT2D eigenvalue weighted by molar-refractivity contribution is 5.94. The third-order valence-corrected chi connectivity index (χ3v) is 8.75. The van der Waals surface area contributed by atoms with Crippen molar-refractivity contribution < 1.29 is 58.5 Å². The van der Waals surface area contributed by atoms with Gasteiger partial charge in [0, 0.05) is 37.3 Å². The number of carbonyl (C=O) groups excluding carboxylic acids is 2. The van der Waals surface area contributed by atoms with Gasteiger partial charge in [0.05, 0.1) is 29.9 Å². The van der Waals surface area contributed by atoms with Crippen molar-refractivity contribution in [2.45, 2.75) is 62.1 Å². The molecule has 0 bridgehead atoms. The number of primary amides is 1. The van der Waals surface area contributed by atoms with Crippen LogP contribution in [0.3, 0.4) is 0 Å². The van der Waals surface area contributed by atoms with Gasteiger partial charge in [0.2, 0.25) is 12.0 Å². The molecule has 3 aromatic rings. The highest BCUT2D eigenvalue weighted by atomic mass is 19.3. The minimum atomic E-state index is -4.06. The number of hydrogen-bond donors (Lipinski definition) is 3. The Morgan fingerprint density at radius 3 is 2.38 bits per heavy atom. The van der Waals surface area contributed by atoms with Crippen LogP contribution in [0.1, 0.15) is 46.9 Å². The molecule has 2 aliphatic heterocycles. The molecule has 19 heteroatoms. The summed E-state index contributed by atoms with van der Waals surface area (Å²) in [4.78, 5) is 34.4. The van der Waals surface area contributed by atoms with Gasteiger partial charge in [0.15, 0.2) is 0 Å². The summed E-state index contributed by atoms with van der Waals surface area (Å²) in [5, 5.41) is 8.90. The van der Waals surface area contributed by atoms with E-state index < -0.39 is 102 Å². The first-order valence-corrected chi connectivity index (χ1v) is 15.8. The smallest absolute Gasteiger partial charge is 0.332 e. The minimum absolute atomic E-state index is 0.0237. The number of aromatic nitrogens is 2. The Kier molecular flexibility index (Phi) is 9.99. The Bertz CT molecular complexity index is 1950. The molecule has 3 atom stereocenters. The zero-order valence-electron chi connectivity index (χ0n) is 26.8. The van der Waals surface area contributed by atoms with Gasteiger partial charge in [-0.1, -0.05) is 10.8 Å². The number of carbonyl (C=O) groups is 2. The molecule has 3 aliphatic rings. The third kappa shape index (κ3) is 7.58. The second-order valence-corrected chi connectivity index (χ2v) is 12.5. The van der Waals surface area contributed by atoms with Crippen molar-refractivity contribution >= 4 is 17.8 Å². The standard InChI is InChI=1S/C33H28F9N7O3/c34-17-7-15(8-18(35)11-17)9-23(46-24(50)13-49-28-25(27(48-49)29(37)38)32(39,40)4-5-33(28,41)42)26-21(16-1-2-22(36)20(10-16)30(43)51)12-44-31(47-26)45-19-3-6-52-14-19/h1-2,7-8,10-12,19,23,27,29H,3-6,9,13-14H2,(H3-,43,44,45,46,47,50,51)/p+1/t19?,23-,27?/m0/s1. The first-order chi connectivity index (χ1) is 24.5. The second kappa shape index (κ2) is 14.2. The SMILES string of the molecule is NC(=O)c1cc(-c2cnc(NC3CCOC3)nc2[C@H](Cc2cc(F)cc(F)c2)NC(=O)C[N+]2=NC(C(F)F)C3=C2C(F)(F)CCC3(F)F)ccc1F. The molecule has 276 valence electrons. The molecular formula is C33H29F9N7O3+. The predicted octanol–water partition coefficient (Wildman–Crippen LogP) is 5.69. The zero-order chi connectivity index (χ0) is 37.5. The number of rotatable bonds is 11. The number of nitrogens with zero attached hydrogens (tertiary/aromatic N) is 4. The van der Waals surface area contributed by atoms with Crippen LogP contribution in [-0.2, 0) is 16.0 Å². The summed E-state index contributed by atoms with van der Waals surface area (Å²) in [6.07, 6.45) is -5.05. The molecular weight excluding hydrogens is 713 g/mol.